The quantitative estimate of drug-likeness (QED) is 0.628. The summed E-state index contributed by atoms with van der Waals surface area (Å²) in [5.74, 6) is -2.38. The molecule has 0 aliphatic rings. The van der Waals surface area contributed by atoms with Crippen molar-refractivity contribution in [3.63, 3.8) is 0 Å². The van der Waals surface area contributed by atoms with Gasteiger partial charge in [0.1, 0.15) is 6.04 Å². The third-order valence-electron chi connectivity index (χ3n) is 2.54. The number of nitrogens with two attached hydrogens (primary N) is 1. The van der Waals surface area contributed by atoms with Crippen molar-refractivity contribution < 1.29 is 19.5 Å². The van der Waals surface area contributed by atoms with Crippen LogP contribution in [0.4, 0.5) is 0 Å². The second-order valence-corrected chi connectivity index (χ2v) is 5.41. The van der Waals surface area contributed by atoms with Crippen LogP contribution in [-0.4, -0.2) is 35.4 Å². The lowest BCUT2D eigenvalue weighted by atomic mass is 9.86. The summed E-state index contributed by atoms with van der Waals surface area (Å²) in [5, 5.41) is 11.1. The zero-order valence-electron chi connectivity index (χ0n) is 11.3. The smallest absolute Gasteiger partial charge is 0.304 e. The van der Waals surface area contributed by atoms with Crippen LogP contribution in [0.25, 0.3) is 0 Å². The van der Waals surface area contributed by atoms with Crippen LogP contribution in [0.2, 0.25) is 0 Å². The maximum atomic E-state index is 12.0. The van der Waals surface area contributed by atoms with Gasteiger partial charge in [-0.1, -0.05) is 27.7 Å². The van der Waals surface area contributed by atoms with Gasteiger partial charge in [0.25, 0.3) is 0 Å². The normalized spacial score (nSPS) is 14.7. The predicted octanol–water partition coefficient (Wildman–Crippen LogP) is 0.156. The van der Waals surface area contributed by atoms with Gasteiger partial charge in [-0.2, -0.15) is 0 Å². The number of rotatable bonds is 6. The molecule has 0 heterocycles. The molecule has 0 rings (SSSR count). The molecule has 0 spiro atoms. The van der Waals surface area contributed by atoms with Crippen LogP contribution in [0.15, 0.2) is 0 Å². The van der Waals surface area contributed by atoms with Crippen molar-refractivity contribution in [3.8, 4) is 0 Å². The zero-order valence-corrected chi connectivity index (χ0v) is 11.3. The highest BCUT2D eigenvalue weighted by Crippen LogP contribution is 2.17. The molecular weight excluding hydrogens is 236 g/mol. The third-order valence-corrected chi connectivity index (χ3v) is 2.54. The Balaban J connectivity index is 4.60. The number of carbonyl (C=O) groups is 3. The van der Waals surface area contributed by atoms with Gasteiger partial charge >= 0.3 is 5.97 Å². The second kappa shape index (κ2) is 6.49. The summed E-state index contributed by atoms with van der Waals surface area (Å²) in [7, 11) is 0. The molecule has 0 aliphatic carbocycles. The number of hydrogen-bond donors (Lipinski definition) is 3. The molecule has 0 radical (unpaired) electrons. The Kier molecular flexibility index (Phi) is 5.97. The topological polar surface area (TPSA) is 109 Å². The standard InChI is InChI=1S/C12H22N2O4/c1-7(5-9(15)16)11(18)14-8(6-13)10(17)12(2,3)4/h7-8H,5-6,13H2,1-4H3,(H,14,18)(H,15,16)/t7-,8+/m1/s1. The van der Waals surface area contributed by atoms with Gasteiger partial charge < -0.3 is 16.2 Å². The molecule has 0 fully saturated rings. The number of amides is 1. The monoisotopic (exact) mass is 258 g/mol. The fraction of sp³-hybridized carbons (Fsp3) is 0.750. The van der Waals surface area contributed by atoms with E-state index < -0.39 is 29.3 Å². The van der Waals surface area contributed by atoms with Crippen LogP contribution in [0.3, 0.4) is 0 Å². The summed E-state index contributed by atoms with van der Waals surface area (Å²) >= 11 is 0. The number of carboxylic acids is 1. The van der Waals surface area contributed by atoms with Crippen LogP contribution in [0.1, 0.15) is 34.1 Å². The average Bonchev–Trinajstić information content (AvgIpc) is 2.22. The van der Waals surface area contributed by atoms with E-state index in [1.807, 2.05) is 0 Å². The maximum Gasteiger partial charge on any atom is 0.304 e. The molecular formula is C12H22N2O4. The van der Waals surface area contributed by atoms with E-state index in [0.717, 1.165) is 0 Å². The highest BCUT2D eigenvalue weighted by atomic mass is 16.4. The van der Waals surface area contributed by atoms with Gasteiger partial charge in [0.15, 0.2) is 5.78 Å². The molecule has 0 unspecified atom stereocenters. The number of aliphatic carboxylic acids is 1. The van der Waals surface area contributed by atoms with Gasteiger partial charge in [-0.05, 0) is 0 Å². The summed E-state index contributed by atoms with van der Waals surface area (Å²) in [5.41, 5.74) is 4.86. The maximum absolute atomic E-state index is 12.0. The number of hydrogen-bond acceptors (Lipinski definition) is 4. The largest absolute Gasteiger partial charge is 0.481 e. The molecule has 0 aromatic rings. The molecule has 0 aliphatic heterocycles. The molecule has 18 heavy (non-hydrogen) atoms. The highest BCUT2D eigenvalue weighted by molar-refractivity contribution is 5.93. The number of ketones is 1. The van der Waals surface area contributed by atoms with Crippen molar-refractivity contribution in [1.29, 1.82) is 0 Å². The van der Waals surface area contributed by atoms with Crippen LogP contribution in [0, 0.1) is 11.3 Å². The molecule has 0 saturated carbocycles. The van der Waals surface area contributed by atoms with E-state index in [2.05, 4.69) is 5.32 Å². The van der Waals surface area contributed by atoms with E-state index in [4.69, 9.17) is 10.8 Å². The molecule has 6 heteroatoms. The molecule has 2 atom stereocenters. The summed E-state index contributed by atoms with van der Waals surface area (Å²) in [6.07, 6.45) is -0.271. The molecule has 4 N–H and O–H groups in total. The highest BCUT2D eigenvalue weighted by Gasteiger charge is 2.30. The average molecular weight is 258 g/mol. The van der Waals surface area contributed by atoms with E-state index in [9.17, 15) is 14.4 Å². The summed E-state index contributed by atoms with van der Waals surface area (Å²) < 4.78 is 0. The molecule has 0 saturated heterocycles. The first-order valence-electron chi connectivity index (χ1n) is 5.86. The first-order chi connectivity index (χ1) is 8.09. The summed E-state index contributed by atoms with van der Waals surface area (Å²) in [4.78, 5) is 34.2. The fourth-order valence-corrected chi connectivity index (χ4v) is 1.42. The Morgan fingerprint density at radius 2 is 1.78 bits per heavy atom. The van der Waals surface area contributed by atoms with Crippen molar-refractivity contribution in [2.24, 2.45) is 17.1 Å². The lowest BCUT2D eigenvalue weighted by molar-refractivity contribution is -0.141. The zero-order chi connectivity index (χ0) is 14.5. The van der Waals surface area contributed by atoms with Crippen molar-refractivity contribution >= 4 is 17.7 Å². The SMILES string of the molecule is C[C@H](CC(=O)O)C(=O)N[C@@H](CN)C(=O)C(C)(C)C. The van der Waals surface area contributed by atoms with Crippen LogP contribution in [-0.2, 0) is 14.4 Å². The van der Waals surface area contributed by atoms with E-state index in [0.29, 0.717) is 0 Å². The van der Waals surface area contributed by atoms with Gasteiger partial charge in [-0.3, -0.25) is 14.4 Å². The number of carbonyl (C=O) groups excluding carboxylic acids is 2. The van der Waals surface area contributed by atoms with Crippen molar-refractivity contribution in [1.82, 2.24) is 5.32 Å². The van der Waals surface area contributed by atoms with Gasteiger partial charge in [0, 0.05) is 17.9 Å². The van der Waals surface area contributed by atoms with Crippen molar-refractivity contribution in [2.75, 3.05) is 6.54 Å². The Bertz CT molecular complexity index is 333. The van der Waals surface area contributed by atoms with Gasteiger partial charge in [-0.15, -0.1) is 0 Å². The summed E-state index contributed by atoms with van der Waals surface area (Å²) in [6.45, 7) is 6.72. The minimum absolute atomic E-state index is 0.00162. The second-order valence-electron chi connectivity index (χ2n) is 5.41. The molecule has 104 valence electrons. The summed E-state index contributed by atoms with van der Waals surface area (Å²) in [6, 6.07) is -0.770. The van der Waals surface area contributed by atoms with E-state index in [1.165, 1.54) is 6.92 Å². The number of Topliss-reactive ketones (excluding diaryl/α,β-unsaturated/α-hetero) is 1. The van der Waals surface area contributed by atoms with Crippen LogP contribution >= 0.6 is 0 Å². The lowest BCUT2D eigenvalue weighted by Crippen LogP contribution is -2.51. The van der Waals surface area contributed by atoms with Gasteiger partial charge in [-0.25, -0.2) is 0 Å². The Morgan fingerprint density at radius 3 is 2.11 bits per heavy atom. The van der Waals surface area contributed by atoms with Crippen LogP contribution in [0.5, 0.6) is 0 Å². The molecule has 0 aromatic heterocycles. The molecule has 1 amide bonds. The van der Waals surface area contributed by atoms with E-state index in [-0.39, 0.29) is 18.7 Å². The van der Waals surface area contributed by atoms with E-state index >= 15 is 0 Å². The minimum atomic E-state index is -1.05. The molecule has 0 bridgehead atoms. The fourth-order valence-electron chi connectivity index (χ4n) is 1.42. The predicted molar refractivity (Wildman–Crippen MR) is 66.9 cm³/mol. The van der Waals surface area contributed by atoms with E-state index in [1.54, 1.807) is 20.8 Å². The van der Waals surface area contributed by atoms with Crippen LogP contribution < -0.4 is 11.1 Å². The van der Waals surface area contributed by atoms with Gasteiger partial charge in [0.05, 0.1) is 6.42 Å². The minimum Gasteiger partial charge on any atom is -0.481 e. The Morgan fingerprint density at radius 1 is 1.28 bits per heavy atom. The number of nitrogens with one attached hydrogen (secondary N) is 1. The first kappa shape index (κ1) is 16.6. The Hall–Kier alpha value is -1.43. The lowest BCUT2D eigenvalue weighted by Gasteiger charge is -2.25. The third kappa shape index (κ3) is 5.27. The first-order valence-corrected chi connectivity index (χ1v) is 5.86. The molecule has 0 aromatic carbocycles. The van der Waals surface area contributed by atoms with Gasteiger partial charge in [0.2, 0.25) is 5.91 Å². The van der Waals surface area contributed by atoms with Crippen molar-refractivity contribution in [3.05, 3.63) is 0 Å². The Labute approximate surface area is 107 Å². The molecule has 6 nitrogen and oxygen atoms in total. The number of carboxylic acid groups (broad SMARTS) is 1. The van der Waals surface area contributed by atoms with Crippen molar-refractivity contribution in [2.45, 2.75) is 40.2 Å².